The minimum atomic E-state index is 0.0398. The van der Waals surface area contributed by atoms with Gasteiger partial charge in [-0.2, -0.15) is 5.10 Å². The molecule has 0 bridgehead atoms. The first-order valence-corrected chi connectivity index (χ1v) is 6.91. The highest BCUT2D eigenvalue weighted by atomic mass is 32.1. The van der Waals surface area contributed by atoms with Crippen LogP contribution in [0.25, 0.3) is 11.2 Å². The second-order valence-electron chi connectivity index (χ2n) is 4.39. The van der Waals surface area contributed by atoms with Crippen LogP contribution in [0, 0.1) is 11.7 Å². The van der Waals surface area contributed by atoms with Crippen LogP contribution in [-0.4, -0.2) is 31.8 Å². The van der Waals surface area contributed by atoms with E-state index < -0.39 is 0 Å². The molecule has 7 heteroatoms. The van der Waals surface area contributed by atoms with Crippen LogP contribution < -0.4 is 5.32 Å². The zero-order valence-electron chi connectivity index (χ0n) is 11.5. The molecule has 2 rings (SSSR count). The third-order valence-corrected chi connectivity index (χ3v) is 3.39. The van der Waals surface area contributed by atoms with Crippen molar-refractivity contribution in [2.45, 2.75) is 40.3 Å². The van der Waals surface area contributed by atoms with E-state index in [2.05, 4.69) is 15.4 Å². The van der Waals surface area contributed by atoms with Gasteiger partial charge in [0.05, 0.1) is 5.69 Å². The number of rotatable bonds is 5. The number of H-pyrrole nitrogens is 1. The Morgan fingerprint density at radius 1 is 1.47 bits per heavy atom. The highest BCUT2D eigenvalue weighted by Gasteiger charge is 2.14. The van der Waals surface area contributed by atoms with Gasteiger partial charge in [-0.25, -0.2) is 4.68 Å². The van der Waals surface area contributed by atoms with Gasteiger partial charge in [0, 0.05) is 26.1 Å². The maximum absolute atomic E-state index is 11.6. The van der Waals surface area contributed by atoms with Crippen molar-refractivity contribution < 1.29 is 4.79 Å². The SMILES string of the molecule is CCNC(=O)CCn1c(=S)[nH]c2c(C)nn(CC)c21. The highest BCUT2D eigenvalue weighted by Crippen LogP contribution is 2.18. The molecule has 0 fully saturated rings. The second kappa shape index (κ2) is 5.56. The molecule has 2 aromatic heterocycles. The van der Waals surface area contributed by atoms with Crippen molar-refractivity contribution in [3.8, 4) is 0 Å². The summed E-state index contributed by atoms with van der Waals surface area (Å²) in [6.07, 6.45) is 0.420. The number of hydrogen-bond acceptors (Lipinski definition) is 3. The smallest absolute Gasteiger partial charge is 0.221 e. The summed E-state index contributed by atoms with van der Waals surface area (Å²) in [7, 11) is 0. The first-order chi connectivity index (χ1) is 9.08. The molecule has 0 aliphatic rings. The molecule has 0 saturated carbocycles. The van der Waals surface area contributed by atoms with Crippen LogP contribution in [0.4, 0.5) is 0 Å². The average molecular weight is 281 g/mol. The lowest BCUT2D eigenvalue weighted by molar-refractivity contribution is -0.121. The van der Waals surface area contributed by atoms with E-state index in [1.165, 1.54) is 0 Å². The van der Waals surface area contributed by atoms with Gasteiger partial charge in [0.2, 0.25) is 5.91 Å². The minimum absolute atomic E-state index is 0.0398. The Hall–Kier alpha value is -1.63. The Kier molecular flexibility index (Phi) is 4.04. The van der Waals surface area contributed by atoms with Gasteiger partial charge in [-0.15, -0.1) is 0 Å². The molecule has 0 aliphatic carbocycles. The fraction of sp³-hybridized carbons (Fsp3) is 0.583. The molecule has 6 nitrogen and oxygen atoms in total. The molecule has 19 heavy (non-hydrogen) atoms. The minimum Gasteiger partial charge on any atom is -0.356 e. The number of carbonyl (C=O) groups excluding carboxylic acids is 1. The molecule has 1 amide bonds. The first kappa shape index (κ1) is 13.8. The van der Waals surface area contributed by atoms with Crippen molar-refractivity contribution in [1.82, 2.24) is 24.6 Å². The lowest BCUT2D eigenvalue weighted by Gasteiger charge is -2.06. The number of carbonyl (C=O) groups is 1. The number of amides is 1. The molecule has 2 heterocycles. The number of aromatic nitrogens is 4. The van der Waals surface area contributed by atoms with Crippen molar-refractivity contribution in [2.24, 2.45) is 0 Å². The van der Waals surface area contributed by atoms with Crippen molar-refractivity contribution in [2.75, 3.05) is 6.54 Å². The van der Waals surface area contributed by atoms with Crippen LogP contribution >= 0.6 is 12.2 Å². The summed E-state index contributed by atoms with van der Waals surface area (Å²) in [4.78, 5) is 14.7. The molecular weight excluding hydrogens is 262 g/mol. The predicted octanol–water partition coefficient (Wildman–Crippen LogP) is 1.75. The summed E-state index contributed by atoms with van der Waals surface area (Å²) in [5.41, 5.74) is 2.86. The molecule has 0 unspecified atom stereocenters. The van der Waals surface area contributed by atoms with Gasteiger partial charge in [-0.1, -0.05) is 0 Å². The van der Waals surface area contributed by atoms with E-state index in [-0.39, 0.29) is 5.91 Å². The number of hydrogen-bond donors (Lipinski definition) is 2. The standard InChI is InChI=1S/C12H19N5OS/c1-4-13-9(18)6-7-16-11-10(14-12(16)19)8(3)15-17(11)5-2/h4-7H2,1-3H3,(H,13,18)(H,14,19). The van der Waals surface area contributed by atoms with Gasteiger partial charge < -0.3 is 14.9 Å². The second-order valence-corrected chi connectivity index (χ2v) is 4.77. The van der Waals surface area contributed by atoms with Crippen molar-refractivity contribution in [3.05, 3.63) is 10.5 Å². The molecule has 104 valence electrons. The first-order valence-electron chi connectivity index (χ1n) is 6.51. The number of nitrogens with one attached hydrogen (secondary N) is 2. The summed E-state index contributed by atoms with van der Waals surface area (Å²) >= 11 is 5.33. The Labute approximate surface area is 116 Å². The number of nitrogens with zero attached hydrogens (tertiary/aromatic N) is 3. The normalized spacial score (nSPS) is 11.1. The zero-order valence-corrected chi connectivity index (χ0v) is 12.3. The van der Waals surface area contributed by atoms with E-state index in [1.54, 1.807) is 0 Å². The Morgan fingerprint density at radius 2 is 2.21 bits per heavy atom. The van der Waals surface area contributed by atoms with Crippen molar-refractivity contribution >= 4 is 29.3 Å². The fourth-order valence-corrected chi connectivity index (χ4v) is 2.47. The summed E-state index contributed by atoms with van der Waals surface area (Å²) in [6.45, 7) is 7.89. The lowest BCUT2D eigenvalue weighted by Crippen LogP contribution is -2.24. The van der Waals surface area contributed by atoms with E-state index in [0.29, 0.717) is 24.3 Å². The lowest BCUT2D eigenvalue weighted by atomic mass is 10.4. The van der Waals surface area contributed by atoms with Gasteiger partial charge >= 0.3 is 0 Å². The molecule has 0 saturated heterocycles. The maximum atomic E-state index is 11.6. The van der Waals surface area contributed by atoms with E-state index in [9.17, 15) is 4.79 Å². The number of imidazole rings is 1. The topological polar surface area (TPSA) is 67.6 Å². The molecule has 0 radical (unpaired) electrons. The van der Waals surface area contributed by atoms with E-state index >= 15 is 0 Å². The Morgan fingerprint density at radius 3 is 2.84 bits per heavy atom. The molecule has 0 spiro atoms. The molecule has 0 atom stereocenters. The number of aromatic amines is 1. The van der Waals surface area contributed by atoms with Gasteiger partial charge in [-0.3, -0.25) is 4.79 Å². The Bertz CT molecular complexity index is 651. The quantitative estimate of drug-likeness (QED) is 0.820. The molecule has 0 aliphatic heterocycles. The summed E-state index contributed by atoms with van der Waals surface area (Å²) in [5.74, 6) is 0.0398. The third-order valence-electron chi connectivity index (χ3n) is 3.07. The molecule has 0 aromatic carbocycles. The van der Waals surface area contributed by atoms with Crippen LogP contribution in [-0.2, 0) is 17.9 Å². The van der Waals surface area contributed by atoms with Crippen LogP contribution in [0.2, 0.25) is 0 Å². The van der Waals surface area contributed by atoms with Crippen molar-refractivity contribution in [3.63, 3.8) is 0 Å². The third kappa shape index (κ3) is 2.56. The summed E-state index contributed by atoms with van der Waals surface area (Å²) in [5, 5.41) is 7.24. The number of aryl methyl sites for hydroxylation is 3. The summed E-state index contributed by atoms with van der Waals surface area (Å²) in [6, 6.07) is 0. The van der Waals surface area contributed by atoms with Crippen LogP contribution in [0.3, 0.4) is 0 Å². The maximum Gasteiger partial charge on any atom is 0.221 e. The molecule has 2 N–H and O–H groups in total. The van der Waals surface area contributed by atoms with Gasteiger partial charge in [0.25, 0.3) is 0 Å². The van der Waals surface area contributed by atoms with E-state index in [1.807, 2.05) is 30.0 Å². The molecule has 2 aromatic rings. The van der Waals surface area contributed by atoms with Crippen LogP contribution in [0.5, 0.6) is 0 Å². The fourth-order valence-electron chi connectivity index (χ4n) is 2.19. The van der Waals surface area contributed by atoms with Gasteiger partial charge in [-0.05, 0) is 33.0 Å². The van der Waals surface area contributed by atoms with E-state index in [4.69, 9.17) is 12.2 Å². The van der Waals surface area contributed by atoms with Crippen LogP contribution in [0.1, 0.15) is 26.0 Å². The van der Waals surface area contributed by atoms with Crippen molar-refractivity contribution in [1.29, 1.82) is 0 Å². The van der Waals surface area contributed by atoms with Gasteiger partial charge in [0.1, 0.15) is 5.52 Å². The number of fused-ring (bicyclic) bond motifs is 1. The average Bonchev–Trinajstić information content (AvgIpc) is 2.85. The molecular formula is C12H19N5OS. The summed E-state index contributed by atoms with van der Waals surface area (Å²) < 4.78 is 4.50. The van der Waals surface area contributed by atoms with E-state index in [0.717, 1.165) is 23.4 Å². The highest BCUT2D eigenvalue weighted by molar-refractivity contribution is 7.71. The Balaban J connectivity index is 2.34. The monoisotopic (exact) mass is 281 g/mol. The zero-order chi connectivity index (χ0) is 14.0. The van der Waals surface area contributed by atoms with Gasteiger partial charge in [0.15, 0.2) is 10.4 Å². The van der Waals surface area contributed by atoms with Crippen LogP contribution in [0.15, 0.2) is 0 Å². The largest absolute Gasteiger partial charge is 0.356 e. The predicted molar refractivity (Wildman–Crippen MR) is 76.6 cm³/mol.